The Bertz CT molecular complexity index is 260. The Labute approximate surface area is 97.8 Å². The number of hydrogen-bond acceptors (Lipinski definition) is 7. The van der Waals surface area contributed by atoms with Crippen LogP contribution in [0.15, 0.2) is 0 Å². The van der Waals surface area contributed by atoms with E-state index in [0.717, 1.165) is 0 Å². The van der Waals surface area contributed by atoms with Gasteiger partial charge in [-0.2, -0.15) is 0 Å². The first-order chi connectivity index (χ1) is 8.01. The molecule has 0 unspecified atom stereocenters. The zero-order chi connectivity index (χ0) is 13.0. The second-order valence-electron chi connectivity index (χ2n) is 3.61. The first kappa shape index (κ1) is 14.1. The second kappa shape index (κ2) is 6.12. The summed E-state index contributed by atoms with van der Waals surface area (Å²) in [5.41, 5.74) is 0. The van der Waals surface area contributed by atoms with Crippen molar-refractivity contribution in [3.05, 3.63) is 0 Å². The van der Waals surface area contributed by atoms with Gasteiger partial charge < -0.3 is 29.9 Å². The lowest BCUT2D eigenvalue weighted by Crippen LogP contribution is -2.63. The summed E-state index contributed by atoms with van der Waals surface area (Å²) in [6.45, 7) is 1.20. The van der Waals surface area contributed by atoms with Crippen LogP contribution in [0.2, 0.25) is 0 Å². The monoisotopic (exact) mass is 251 g/mol. The smallest absolute Gasteiger partial charge is 0.409 e. The van der Waals surface area contributed by atoms with Crippen LogP contribution in [0.1, 0.15) is 6.92 Å². The predicted molar refractivity (Wildman–Crippen MR) is 53.9 cm³/mol. The molecule has 1 aliphatic heterocycles. The summed E-state index contributed by atoms with van der Waals surface area (Å²) in [7, 11) is 0. The van der Waals surface area contributed by atoms with Crippen molar-refractivity contribution in [1.29, 1.82) is 0 Å². The van der Waals surface area contributed by atoms with Crippen LogP contribution < -0.4 is 5.32 Å². The highest BCUT2D eigenvalue weighted by atomic mass is 16.6. The fourth-order valence-electron chi connectivity index (χ4n) is 1.51. The van der Waals surface area contributed by atoms with Crippen LogP contribution in [-0.2, 0) is 9.47 Å². The van der Waals surface area contributed by atoms with Crippen molar-refractivity contribution in [2.24, 2.45) is 0 Å². The standard InChI is InChI=1S/C9H17NO7/c1-2-16-9(15)10-8-7(14)6(13)5(12)4(3-11)17-8/h4-8,11-14H,2-3H2,1H3,(H,10,15)/t4-,5+,6+,7-,8-/m0/s1. The van der Waals surface area contributed by atoms with Gasteiger partial charge in [-0.15, -0.1) is 0 Å². The van der Waals surface area contributed by atoms with E-state index < -0.39 is 43.3 Å². The van der Waals surface area contributed by atoms with Crippen LogP contribution in [-0.4, -0.2) is 70.4 Å². The van der Waals surface area contributed by atoms with E-state index in [4.69, 9.17) is 9.84 Å². The summed E-state index contributed by atoms with van der Waals surface area (Å²) >= 11 is 0. The van der Waals surface area contributed by atoms with Crippen LogP contribution in [0.25, 0.3) is 0 Å². The Hall–Kier alpha value is -0.930. The minimum absolute atomic E-state index is 0.142. The lowest BCUT2D eigenvalue weighted by atomic mass is 9.98. The number of nitrogens with one attached hydrogen (secondary N) is 1. The van der Waals surface area contributed by atoms with Gasteiger partial charge in [-0.25, -0.2) is 4.79 Å². The van der Waals surface area contributed by atoms with E-state index in [1.54, 1.807) is 6.92 Å². The van der Waals surface area contributed by atoms with Crippen molar-refractivity contribution in [3.63, 3.8) is 0 Å². The van der Waals surface area contributed by atoms with Gasteiger partial charge in [0.1, 0.15) is 24.4 Å². The molecule has 0 bridgehead atoms. The Balaban J connectivity index is 2.62. The van der Waals surface area contributed by atoms with Crippen LogP contribution in [0.5, 0.6) is 0 Å². The molecule has 8 heteroatoms. The minimum Gasteiger partial charge on any atom is -0.450 e. The lowest BCUT2D eigenvalue weighted by molar-refractivity contribution is -0.234. The van der Waals surface area contributed by atoms with Gasteiger partial charge in [0, 0.05) is 0 Å². The van der Waals surface area contributed by atoms with Crippen molar-refractivity contribution in [2.45, 2.75) is 37.6 Å². The van der Waals surface area contributed by atoms with Crippen molar-refractivity contribution in [3.8, 4) is 0 Å². The molecule has 5 N–H and O–H groups in total. The molecule has 0 aromatic carbocycles. The maximum absolute atomic E-state index is 11.1. The minimum atomic E-state index is -1.52. The number of hydrogen-bond donors (Lipinski definition) is 5. The van der Waals surface area contributed by atoms with Gasteiger partial charge in [0.05, 0.1) is 13.2 Å². The third kappa shape index (κ3) is 3.27. The third-order valence-electron chi connectivity index (χ3n) is 2.43. The number of aliphatic hydroxyl groups is 4. The van der Waals surface area contributed by atoms with Crippen LogP contribution in [0.3, 0.4) is 0 Å². The van der Waals surface area contributed by atoms with E-state index in [0.29, 0.717) is 0 Å². The van der Waals surface area contributed by atoms with E-state index in [1.807, 2.05) is 0 Å². The Morgan fingerprint density at radius 2 is 1.94 bits per heavy atom. The molecule has 8 nitrogen and oxygen atoms in total. The van der Waals surface area contributed by atoms with Crippen LogP contribution >= 0.6 is 0 Å². The second-order valence-corrected chi connectivity index (χ2v) is 3.61. The van der Waals surface area contributed by atoms with Crippen LogP contribution in [0.4, 0.5) is 4.79 Å². The zero-order valence-electron chi connectivity index (χ0n) is 9.31. The number of carbonyl (C=O) groups excluding carboxylic acids is 1. The van der Waals surface area contributed by atoms with Gasteiger partial charge in [0.25, 0.3) is 0 Å². The Kier molecular flexibility index (Phi) is 5.09. The highest BCUT2D eigenvalue weighted by Crippen LogP contribution is 2.19. The Morgan fingerprint density at radius 3 is 2.47 bits per heavy atom. The van der Waals surface area contributed by atoms with E-state index in [-0.39, 0.29) is 6.61 Å². The average molecular weight is 251 g/mol. The van der Waals surface area contributed by atoms with Gasteiger partial charge in [0.15, 0.2) is 6.23 Å². The summed E-state index contributed by atoms with van der Waals surface area (Å²) in [6, 6.07) is 0. The summed E-state index contributed by atoms with van der Waals surface area (Å²) in [6.07, 6.45) is -7.60. The zero-order valence-corrected chi connectivity index (χ0v) is 9.31. The Morgan fingerprint density at radius 1 is 1.29 bits per heavy atom. The van der Waals surface area contributed by atoms with Gasteiger partial charge in [0.2, 0.25) is 0 Å². The fraction of sp³-hybridized carbons (Fsp3) is 0.889. The molecule has 1 fully saturated rings. The molecule has 0 saturated carbocycles. The number of amides is 1. The molecule has 17 heavy (non-hydrogen) atoms. The molecule has 1 aliphatic rings. The number of aliphatic hydroxyl groups excluding tert-OH is 4. The average Bonchev–Trinajstić information content (AvgIpc) is 2.30. The highest BCUT2D eigenvalue weighted by Gasteiger charge is 2.44. The van der Waals surface area contributed by atoms with Crippen LogP contribution in [0, 0.1) is 0 Å². The molecule has 0 aromatic rings. The molecule has 100 valence electrons. The molecule has 0 aromatic heterocycles. The molecule has 5 atom stereocenters. The molecule has 1 saturated heterocycles. The summed E-state index contributed by atoms with van der Waals surface area (Å²) in [5, 5.41) is 39.5. The van der Waals surface area contributed by atoms with E-state index in [1.165, 1.54) is 0 Å². The molecule has 1 rings (SSSR count). The predicted octanol–water partition coefficient (Wildman–Crippen LogP) is -2.47. The molecule has 0 aliphatic carbocycles. The van der Waals surface area contributed by atoms with Gasteiger partial charge in [-0.05, 0) is 6.92 Å². The molecule has 1 amide bonds. The van der Waals surface area contributed by atoms with E-state index >= 15 is 0 Å². The fourth-order valence-corrected chi connectivity index (χ4v) is 1.51. The number of rotatable bonds is 3. The SMILES string of the molecule is CCOC(=O)N[C@H]1O[C@@H](CO)[C@@H](O)[C@@H](O)[C@@H]1O. The largest absolute Gasteiger partial charge is 0.450 e. The number of carbonyl (C=O) groups is 1. The molecule has 0 radical (unpaired) electrons. The topological polar surface area (TPSA) is 128 Å². The maximum atomic E-state index is 11.1. The quantitative estimate of drug-likeness (QED) is 0.376. The first-order valence-electron chi connectivity index (χ1n) is 5.25. The number of ether oxygens (including phenoxy) is 2. The third-order valence-corrected chi connectivity index (χ3v) is 2.43. The molecular formula is C9H17NO7. The number of alkyl carbamates (subject to hydrolysis) is 1. The van der Waals surface area contributed by atoms with E-state index in [9.17, 15) is 20.1 Å². The normalized spacial score (nSPS) is 37.6. The first-order valence-corrected chi connectivity index (χ1v) is 5.25. The lowest BCUT2D eigenvalue weighted by Gasteiger charge is -2.39. The highest BCUT2D eigenvalue weighted by molar-refractivity contribution is 5.67. The van der Waals surface area contributed by atoms with Crippen molar-refractivity contribution in [1.82, 2.24) is 5.32 Å². The van der Waals surface area contributed by atoms with E-state index in [2.05, 4.69) is 10.1 Å². The molecule has 1 heterocycles. The summed E-state index contributed by atoms with van der Waals surface area (Å²) in [4.78, 5) is 11.1. The van der Waals surface area contributed by atoms with Crippen molar-refractivity contribution in [2.75, 3.05) is 13.2 Å². The summed E-state index contributed by atoms with van der Waals surface area (Å²) in [5.74, 6) is 0. The van der Waals surface area contributed by atoms with Gasteiger partial charge in [-0.1, -0.05) is 0 Å². The maximum Gasteiger partial charge on any atom is 0.409 e. The summed E-state index contributed by atoms with van der Waals surface area (Å²) < 4.78 is 9.60. The molecular weight excluding hydrogens is 234 g/mol. The molecule has 0 spiro atoms. The van der Waals surface area contributed by atoms with Gasteiger partial charge >= 0.3 is 6.09 Å². The van der Waals surface area contributed by atoms with Crippen molar-refractivity contribution >= 4 is 6.09 Å². The van der Waals surface area contributed by atoms with Gasteiger partial charge in [-0.3, -0.25) is 5.32 Å². The van der Waals surface area contributed by atoms with Crippen molar-refractivity contribution < 1.29 is 34.7 Å².